The average Bonchev–Trinajstić information content (AvgIpc) is 3.87. The first-order chi connectivity index (χ1) is 28.7. The van der Waals surface area contributed by atoms with Crippen molar-refractivity contribution in [1.82, 2.24) is 15.0 Å². The second-order valence-electron chi connectivity index (χ2n) is 15.4. The molecule has 0 spiro atoms. The molecule has 1 atom stereocenters. The number of thiophene rings is 1. The van der Waals surface area contributed by atoms with Gasteiger partial charge in [0, 0.05) is 37.4 Å². The van der Waals surface area contributed by atoms with Gasteiger partial charge in [0.05, 0.1) is 0 Å². The summed E-state index contributed by atoms with van der Waals surface area (Å²) in [7, 11) is 0. The van der Waals surface area contributed by atoms with Crippen LogP contribution in [0.4, 0.5) is 0 Å². The molecule has 0 saturated heterocycles. The molecule has 58 heavy (non-hydrogen) atoms. The van der Waals surface area contributed by atoms with Crippen molar-refractivity contribution in [3.63, 3.8) is 0 Å². The van der Waals surface area contributed by atoms with Crippen molar-refractivity contribution in [3.05, 3.63) is 185 Å². The number of aryl methyl sites for hydroxylation is 1. The highest BCUT2D eigenvalue weighted by molar-refractivity contribution is 7.20. The fourth-order valence-corrected chi connectivity index (χ4v) is 10.3. The molecule has 2 aliphatic carbocycles. The molecule has 0 fully saturated rings. The first kappa shape index (κ1) is 33.2. The number of aromatic nitrogens is 3. The molecule has 274 valence electrons. The molecule has 0 N–H and O–H groups in total. The van der Waals surface area contributed by atoms with Gasteiger partial charge in [0.25, 0.3) is 0 Å². The largest absolute Gasteiger partial charge is 0.456 e. The number of benzene rings is 7. The van der Waals surface area contributed by atoms with E-state index in [4.69, 9.17) is 19.4 Å². The number of fused-ring (bicyclic) bond motifs is 8. The fraction of sp³-hybridized carbons (Fsp3) is 0.0755. The number of furan rings is 1. The van der Waals surface area contributed by atoms with Crippen molar-refractivity contribution in [2.75, 3.05) is 0 Å². The number of rotatable bonds is 5. The maximum Gasteiger partial charge on any atom is 0.164 e. The second kappa shape index (κ2) is 13.3. The van der Waals surface area contributed by atoms with Gasteiger partial charge in [0.2, 0.25) is 0 Å². The van der Waals surface area contributed by atoms with Gasteiger partial charge in [-0.25, -0.2) is 15.0 Å². The Labute approximate surface area is 339 Å². The fourth-order valence-electron chi connectivity index (χ4n) is 9.00. The lowest BCUT2D eigenvalue weighted by atomic mass is 9.87. The molecule has 7 aromatic carbocycles. The summed E-state index contributed by atoms with van der Waals surface area (Å²) >= 11 is 1.90. The summed E-state index contributed by atoms with van der Waals surface area (Å²) in [4.78, 5) is 17.2. The lowest BCUT2D eigenvalue weighted by Gasteiger charge is -2.20. The van der Waals surface area contributed by atoms with Crippen molar-refractivity contribution in [2.45, 2.75) is 25.2 Å². The Hall–Kier alpha value is -6.95. The first-order valence-electron chi connectivity index (χ1n) is 20.0. The van der Waals surface area contributed by atoms with Crippen LogP contribution in [-0.2, 0) is 12.8 Å². The van der Waals surface area contributed by atoms with Crippen molar-refractivity contribution in [2.24, 2.45) is 0 Å². The normalized spacial score (nSPS) is 14.7. The maximum absolute atomic E-state index is 6.68. The van der Waals surface area contributed by atoms with Gasteiger partial charge in [0.15, 0.2) is 11.6 Å². The molecule has 1 unspecified atom stereocenters. The Kier molecular flexibility index (Phi) is 7.63. The van der Waals surface area contributed by atoms with E-state index in [9.17, 15) is 0 Å². The summed E-state index contributed by atoms with van der Waals surface area (Å²) in [6, 6.07) is 51.8. The molecule has 0 saturated carbocycles. The first-order valence-corrected chi connectivity index (χ1v) is 20.8. The lowest BCUT2D eigenvalue weighted by Crippen LogP contribution is -2.12. The molecule has 12 rings (SSSR count). The molecule has 0 radical (unpaired) electrons. The summed E-state index contributed by atoms with van der Waals surface area (Å²) in [6.07, 6.45) is 12.1. The highest BCUT2D eigenvalue weighted by Gasteiger charge is 2.24. The third-order valence-corrected chi connectivity index (χ3v) is 13.2. The molecular formula is C53H35N3OS. The van der Waals surface area contributed by atoms with Gasteiger partial charge in [-0.05, 0) is 105 Å². The van der Waals surface area contributed by atoms with Crippen molar-refractivity contribution in [1.29, 1.82) is 0 Å². The maximum atomic E-state index is 6.68. The Balaban J connectivity index is 0.994. The third kappa shape index (κ3) is 5.53. The lowest BCUT2D eigenvalue weighted by molar-refractivity contribution is 0.669. The van der Waals surface area contributed by atoms with Crippen molar-refractivity contribution in [3.8, 4) is 45.0 Å². The minimum Gasteiger partial charge on any atom is -0.456 e. The van der Waals surface area contributed by atoms with E-state index in [1.54, 1.807) is 0 Å². The van der Waals surface area contributed by atoms with Gasteiger partial charge in [-0.3, -0.25) is 0 Å². The quantitative estimate of drug-likeness (QED) is 0.175. The van der Waals surface area contributed by atoms with E-state index in [-0.39, 0.29) is 5.92 Å². The minimum atomic E-state index is -0.0246. The zero-order valence-electron chi connectivity index (χ0n) is 31.5. The van der Waals surface area contributed by atoms with Crippen LogP contribution in [0, 0.1) is 0 Å². The highest BCUT2D eigenvalue weighted by Crippen LogP contribution is 2.43. The predicted octanol–water partition coefficient (Wildman–Crippen LogP) is 14.1. The van der Waals surface area contributed by atoms with Gasteiger partial charge in [0.1, 0.15) is 17.0 Å². The van der Waals surface area contributed by atoms with E-state index < -0.39 is 0 Å². The molecule has 0 aliphatic heterocycles. The Morgan fingerprint density at radius 1 is 0.569 bits per heavy atom. The van der Waals surface area contributed by atoms with Crippen LogP contribution in [0.15, 0.2) is 162 Å². The topological polar surface area (TPSA) is 51.8 Å². The summed E-state index contributed by atoms with van der Waals surface area (Å²) in [6.45, 7) is 0. The number of hydrogen-bond acceptors (Lipinski definition) is 5. The number of hydrogen-bond donors (Lipinski definition) is 0. The standard InChI is InChI=1S/C53H35N3OS/c1-2-10-32(11-3-1)36-23-20-34-22-25-39(30-40(34)29-36)52-54-51(38-24-21-33-12-4-5-13-35(33)28-38)55-53(56-52)45-17-9-18-46-49(45)44-27-26-37(31-47(44)57-46)41-15-8-16-43-42-14-6-7-19-48(42)58-50(41)43/h1-5,7-13,15-29,31,39H,6,14,30H2. The van der Waals surface area contributed by atoms with E-state index in [1.807, 2.05) is 17.4 Å². The van der Waals surface area contributed by atoms with Crippen LogP contribution in [0.2, 0.25) is 0 Å². The van der Waals surface area contributed by atoms with Crippen molar-refractivity contribution < 1.29 is 4.42 Å². The van der Waals surface area contributed by atoms with Crippen LogP contribution < -0.4 is 0 Å². The Morgan fingerprint density at radius 2 is 1.40 bits per heavy atom. The van der Waals surface area contributed by atoms with Gasteiger partial charge in [-0.2, -0.15) is 0 Å². The molecule has 4 nitrogen and oxygen atoms in total. The van der Waals surface area contributed by atoms with E-state index in [2.05, 4.69) is 164 Å². The molecule has 0 bridgehead atoms. The molecule has 5 heteroatoms. The Morgan fingerprint density at radius 3 is 2.34 bits per heavy atom. The second-order valence-corrected chi connectivity index (χ2v) is 16.5. The molecule has 10 aromatic rings. The van der Waals surface area contributed by atoms with Gasteiger partial charge in [-0.1, -0.05) is 140 Å². The summed E-state index contributed by atoms with van der Waals surface area (Å²) in [5, 5.41) is 5.76. The van der Waals surface area contributed by atoms with Crippen LogP contribution >= 0.6 is 11.3 Å². The van der Waals surface area contributed by atoms with Crippen LogP contribution in [-0.4, -0.2) is 15.0 Å². The van der Waals surface area contributed by atoms with Crippen LogP contribution in [0.5, 0.6) is 0 Å². The highest BCUT2D eigenvalue weighted by atomic mass is 32.1. The monoisotopic (exact) mass is 761 g/mol. The molecule has 2 aliphatic rings. The number of nitrogens with zero attached hydrogens (tertiary/aromatic N) is 3. The summed E-state index contributed by atoms with van der Waals surface area (Å²) in [5.41, 5.74) is 12.4. The van der Waals surface area contributed by atoms with Crippen molar-refractivity contribution >= 4 is 66.3 Å². The van der Waals surface area contributed by atoms with Crippen LogP contribution in [0.3, 0.4) is 0 Å². The minimum absolute atomic E-state index is 0.0246. The average molecular weight is 762 g/mol. The summed E-state index contributed by atoms with van der Waals surface area (Å²) in [5.74, 6) is 2.04. The van der Waals surface area contributed by atoms with Gasteiger partial charge < -0.3 is 4.42 Å². The molecular weight excluding hydrogens is 727 g/mol. The van der Waals surface area contributed by atoms with Crippen LogP contribution in [0.1, 0.15) is 39.7 Å². The molecule has 3 aromatic heterocycles. The Bertz CT molecular complexity index is 3330. The van der Waals surface area contributed by atoms with Crippen LogP contribution in [0.25, 0.3) is 100.0 Å². The zero-order valence-corrected chi connectivity index (χ0v) is 32.3. The van der Waals surface area contributed by atoms with E-state index in [1.165, 1.54) is 53.7 Å². The van der Waals surface area contributed by atoms with Gasteiger partial charge >= 0.3 is 0 Å². The zero-order chi connectivity index (χ0) is 38.2. The molecule has 0 amide bonds. The number of allylic oxidation sites excluding steroid dienone is 2. The van der Waals surface area contributed by atoms with E-state index in [0.717, 1.165) is 69.1 Å². The van der Waals surface area contributed by atoms with E-state index in [0.29, 0.717) is 11.6 Å². The SMILES string of the molecule is C1=Cc2sc3c(-c4ccc5c(c4)oc4cccc(-c6nc(-c7ccc8ccccc8c7)nc(C7C=Cc8ccc(-c9ccccc9)cc8C7)n6)c45)cccc3c2CC1. The third-order valence-electron chi connectivity index (χ3n) is 11.9. The smallest absolute Gasteiger partial charge is 0.164 e. The van der Waals surface area contributed by atoms with E-state index >= 15 is 0 Å². The predicted molar refractivity (Wildman–Crippen MR) is 241 cm³/mol. The van der Waals surface area contributed by atoms with Gasteiger partial charge in [-0.15, -0.1) is 11.3 Å². The molecule has 3 heterocycles. The summed E-state index contributed by atoms with van der Waals surface area (Å²) < 4.78 is 8.01.